The van der Waals surface area contributed by atoms with E-state index in [1.54, 1.807) is 11.3 Å². The topological polar surface area (TPSA) is 29.3 Å². The van der Waals surface area contributed by atoms with E-state index in [2.05, 4.69) is 52.3 Å². The van der Waals surface area contributed by atoms with Crippen molar-refractivity contribution in [2.45, 2.75) is 19.0 Å². The molecule has 0 amide bonds. The van der Waals surface area contributed by atoms with E-state index in [1.807, 2.05) is 18.2 Å². The van der Waals surface area contributed by atoms with E-state index in [9.17, 15) is 0 Å². The average molecular weight is 374 g/mol. The van der Waals surface area contributed by atoms with E-state index in [-0.39, 0.29) is 12.1 Å². The van der Waals surface area contributed by atoms with Crippen molar-refractivity contribution < 1.29 is 0 Å². The van der Waals surface area contributed by atoms with Gasteiger partial charge in [-0.1, -0.05) is 29.8 Å². The second-order valence-electron chi connectivity index (χ2n) is 4.75. The Kier molecular flexibility index (Phi) is 5.64. The highest BCUT2D eigenvalue weighted by Gasteiger charge is 2.25. The Bertz CT molecular complexity index is 573. The predicted molar refractivity (Wildman–Crippen MR) is 91.4 cm³/mol. The summed E-state index contributed by atoms with van der Waals surface area (Å²) < 4.78 is 1.12. The molecule has 0 saturated carbocycles. The zero-order valence-corrected chi connectivity index (χ0v) is 14.7. The smallest absolute Gasteiger partial charge is 0.0578 e. The third-order valence-corrected chi connectivity index (χ3v) is 5.94. The molecule has 2 aromatic rings. The summed E-state index contributed by atoms with van der Waals surface area (Å²) in [6.07, 6.45) is 0. The van der Waals surface area contributed by atoms with Crippen LogP contribution in [0, 0.1) is 0 Å². The standard InChI is InChI=1S/C15H18BrClN2S/c1-10(11-5-3-4-6-13(11)17)19(2)14(9-18)15-12(16)7-8-20-15/h3-8,10,14H,9,18H2,1-2H3. The minimum absolute atomic E-state index is 0.177. The van der Waals surface area contributed by atoms with Crippen LogP contribution < -0.4 is 5.73 Å². The molecule has 0 saturated heterocycles. The summed E-state index contributed by atoms with van der Waals surface area (Å²) in [5.41, 5.74) is 7.13. The molecule has 0 spiro atoms. The number of thiophene rings is 1. The van der Waals surface area contributed by atoms with Gasteiger partial charge in [0.15, 0.2) is 0 Å². The van der Waals surface area contributed by atoms with Crippen LogP contribution in [0.25, 0.3) is 0 Å². The second-order valence-corrected chi connectivity index (χ2v) is 6.96. The summed E-state index contributed by atoms with van der Waals surface area (Å²) in [6.45, 7) is 2.73. The first-order valence-electron chi connectivity index (χ1n) is 6.45. The normalized spacial score (nSPS) is 14.5. The van der Waals surface area contributed by atoms with Gasteiger partial charge in [0.2, 0.25) is 0 Å². The van der Waals surface area contributed by atoms with Crippen LogP contribution in [0.5, 0.6) is 0 Å². The molecule has 2 unspecified atom stereocenters. The molecule has 0 radical (unpaired) electrons. The molecule has 2 nitrogen and oxygen atoms in total. The van der Waals surface area contributed by atoms with Crippen LogP contribution in [-0.4, -0.2) is 18.5 Å². The highest BCUT2D eigenvalue weighted by Crippen LogP contribution is 2.36. The van der Waals surface area contributed by atoms with Crippen LogP contribution in [0.3, 0.4) is 0 Å². The van der Waals surface area contributed by atoms with Crippen LogP contribution in [0.1, 0.15) is 29.4 Å². The van der Waals surface area contributed by atoms with Crippen LogP contribution in [0.15, 0.2) is 40.2 Å². The summed E-state index contributed by atoms with van der Waals surface area (Å²) in [6, 6.07) is 10.4. The lowest BCUT2D eigenvalue weighted by molar-refractivity contribution is 0.192. The van der Waals surface area contributed by atoms with Crippen LogP contribution in [0.4, 0.5) is 0 Å². The first kappa shape index (κ1) is 16.0. The van der Waals surface area contributed by atoms with Crippen molar-refractivity contribution in [1.82, 2.24) is 4.90 Å². The van der Waals surface area contributed by atoms with E-state index in [0.29, 0.717) is 6.54 Å². The lowest BCUT2D eigenvalue weighted by Crippen LogP contribution is -2.32. The molecule has 1 aromatic heterocycles. The summed E-state index contributed by atoms with van der Waals surface area (Å²) in [4.78, 5) is 3.53. The van der Waals surface area contributed by atoms with Crippen molar-refractivity contribution in [3.63, 3.8) is 0 Å². The fourth-order valence-electron chi connectivity index (χ4n) is 2.30. The van der Waals surface area contributed by atoms with Crippen LogP contribution in [0.2, 0.25) is 5.02 Å². The highest BCUT2D eigenvalue weighted by molar-refractivity contribution is 9.10. The second kappa shape index (κ2) is 7.05. The fourth-order valence-corrected chi connectivity index (χ4v) is 4.40. The monoisotopic (exact) mass is 372 g/mol. The first-order valence-corrected chi connectivity index (χ1v) is 8.50. The lowest BCUT2D eigenvalue weighted by Gasteiger charge is -2.33. The summed E-state index contributed by atoms with van der Waals surface area (Å²) in [7, 11) is 2.09. The number of nitrogens with zero attached hydrogens (tertiary/aromatic N) is 1. The number of hydrogen-bond acceptors (Lipinski definition) is 3. The molecule has 108 valence electrons. The van der Waals surface area contributed by atoms with E-state index >= 15 is 0 Å². The van der Waals surface area contributed by atoms with Gasteiger partial charge in [0.25, 0.3) is 0 Å². The molecule has 1 heterocycles. The van der Waals surface area contributed by atoms with Gasteiger partial charge in [-0.3, -0.25) is 4.90 Å². The van der Waals surface area contributed by atoms with Gasteiger partial charge in [-0.25, -0.2) is 0 Å². The first-order chi connectivity index (χ1) is 9.56. The van der Waals surface area contributed by atoms with Crippen molar-refractivity contribution >= 4 is 38.9 Å². The summed E-state index contributed by atoms with van der Waals surface area (Å²) in [5.74, 6) is 0. The summed E-state index contributed by atoms with van der Waals surface area (Å²) >= 11 is 11.6. The Morgan fingerprint density at radius 3 is 2.60 bits per heavy atom. The molecule has 0 aliphatic carbocycles. The van der Waals surface area contributed by atoms with Gasteiger partial charge in [-0.15, -0.1) is 11.3 Å². The van der Waals surface area contributed by atoms with Crippen LogP contribution >= 0.6 is 38.9 Å². The molecular formula is C15H18BrClN2S. The minimum Gasteiger partial charge on any atom is -0.329 e. The van der Waals surface area contributed by atoms with Gasteiger partial charge < -0.3 is 5.73 Å². The van der Waals surface area contributed by atoms with Crippen molar-refractivity contribution in [3.8, 4) is 0 Å². The Hall–Kier alpha value is -0.390. The molecular weight excluding hydrogens is 356 g/mol. The Labute approximate surface area is 137 Å². The molecule has 0 fully saturated rings. The van der Waals surface area contributed by atoms with Crippen molar-refractivity contribution in [3.05, 3.63) is 55.6 Å². The Morgan fingerprint density at radius 2 is 2.05 bits per heavy atom. The zero-order valence-electron chi connectivity index (χ0n) is 11.5. The number of halogens is 2. The van der Waals surface area contributed by atoms with Gasteiger partial charge in [0, 0.05) is 27.0 Å². The molecule has 20 heavy (non-hydrogen) atoms. The Morgan fingerprint density at radius 1 is 1.35 bits per heavy atom. The zero-order chi connectivity index (χ0) is 14.7. The van der Waals surface area contributed by atoms with Gasteiger partial charge >= 0.3 is 0 Å². The quantitative estimate of drug-likeness (QED) is 0.811. The van der Waals surface area contributed by atoms with Gasteiger partial charge in [-0.2, -0.15) is 0 Å². The lowest BCUT2D eigenvalue weighted by atomic mass is 10.0. The number of nitrogens with two attached hydrogens (primary N) is 1. The largest absolute Gasteiger partial charge is 0.329 e. The van der Waals surface area contributed by atoms with Crippen molar-refractivity contribution in [2.75, 3.05) is 13.6 Å². The maximum absolute atomic E-state index is 6.30. The molecule has 2 N–H and O–H groups in total. The molecule has 2 rings (SSSR count). The predicted octanol–water partition coefficient (Wildman–Crippen LogP) is 4.86. The SMILES string of the molecule is CC(c1ccccc1Cl)N(C)C(CN)c1sccc1Br. The number of benzene rings is 1. The highest BCUT2D eigenvalue weighted by atomic mass is 79.9. The number of likely N-dealkylation sites (N-methyl/N-ethyl adjacent to an activating group) is 1. The molecule has 5 heteroatoms. The molecule has 0 aliphatic rings. The van der Waals surface area contributed by atoms with Gasteiger partial charge in [0.05, 0.1) is 6.04 Å². The summed E-state index contributed by atoms with van der Waals surface area (Å²) in [5, 5.41) is 2.88. The molecule has 2 atom stereocenters. The molecule has 0 bridgehead atoms. The third kappa shape index (κ3) is 3.26. The minimum atomic E-state index is 0.177. The van der Waals surface area contributed by atoms with E-state index < -0.39 is 0 Å². The van der Waals surface area contributed by atoms with E-state index in [1.165, 1.54) is 4.88 Å². The van der Waals surface area contributed by atoms with Crippen molar-refractivity contribution in [2.24, 2.45) is 5.73 Å². The average Bonchev–Trinajstić information content (AvgIpc) is 2.86. The number of hydrogen-bond donors (Lipinski definition) is 1. The maximum Gasteiger partial charge on any atom is 0.0578 e. The van der Waals surface area contributed by atoms with Crippen LogP contribution in [-0.2, 0) is 0 Å². The van der Waals surface area contributed by atoms with Crippen molar-refractivity contribution in [1.29, 1.82) is 0 Å². The molecule has 1 aromatic carbocycles. The molecule has 0 aliphatic heterocycles. The Balaban J connectivity index is 2.27. The fraction of sp³-hybridized carbons (Fsp3) is 0.333. The van der Waals surface area contributed by atoms with E-state index in [0.717, 1.165) is 15.1 Å². The van der Waals surface area contributed by atoms with Gasteiger partial charge in [-0.05, 0) is 53.0 Å². The maximum atomic E-state index is 6.30. The van der Waals surface area contributed by atoms with E-state index in [4.69, 9.17) is 17.3 Å². The number of rotatable bonds is 5. The third-order valence-electron chi connectivity index (χ3n) is 3.63. The van der Waals surface area contributed by atoms with Gasteiger partial charge in [0.1, 0.15) is 0 Å².